The Morgan fingerprint density at radius 2 is 2.05 bits per heavy atom. The van der Waals surface area contributed by atoms with Gasteiger partial charge in [-0.15, -0.1) is 0 Å². The number of nitrogens with zero attached hydrogens (tertiary/aromatic N) is 1. The molecule has 2 aliphatic rings. The number of amides is 4. The summed E-state index contributed by atoms with van der Waals surface area (Å²) in [7, 11) is 0. The smallest absolute Gasteiger partial charge is 0.327 e. The van der Waals surface area contributed by atoms with Crippen LogP contribution in [0.1, 0.15) is 32.6 Å². The Hall–Kier alpha value is -2.12. The third-order valence-corrected chi connectivity index (χ3v) is 3.60. The molecule has 1 saturated carbocycles. The molecule has 0 spiro atoms. The summed E-state index contributed by atoms with van der Waals surface area (Å²) >= 11 is 0. The Morgan fingerprint density at radius 3 is 2.62 bits per heavy atom. The number of esters is 1. The molecule has 0 unspecified atom stereocenters. The molecule has 2 fully saturated rings. The second kappa shape index (κ2) is 6.55. The molecule has 4 amide bonds. The summed E-state index contributed by atoms with van der Waals surface area (Å²) in [6.45, 7) is 0.865. The lowest BCUT2D eigenvalue weighted by molar-refractivity contribution is -0.156. The third-order valence-electron chi connectivity index (χ3n) is 3.60. The molecule has 0 radical (unpaired) electrons. The average Bonchev–Trinajstić information content (AvgIpc) is 3.03. The van der Waals surface area contributed by atoms with Gasteiger partial charge in [0, 0.05) is 6.04 Å². The van der Waals surface area contributed by atoms with Gasteiger partial charge in [0.2, 0.25) is 0 Å². The van der Waals surface area contributed by atoms with Crippen LogP contribution in [0.15, 0.2) is 0 Å². The molecule has 1 atom stereocenters. The molecule has 0 aromatic carbocycles. The molecule has 2 N–H and O–H groups in total. The van der Waals surface area contributed by atoms with E-state index in [2.05, 4.69) is 10.6 Å². The number of hydrogen-bond acceptors (Lipinski definition) is 5. The summed E-state index contributed by atoms with van der Waals surface area (Å²) in [5, 5.41) is 5.12. The van der Waals surface area contributed by atoms with Gasteiger partial charge in [-0.2, -0.15) is 0 Å². The molecule has 0 aromatic rings. The second-order valence-electron chi connectivity index (χ2n) is 5.26. The molecule has 1 aliphatic carbocycles. The minimum atomic E-state index is -0.945. The monoisotopic (exact) mass is 297 g/mol. The summed E-state index contributed by atoms with van der Waals surface area (Å²) < 4.78 is 4.96. The van der Waals surface area contributed by atoms with E-state index in [0.717, 1.165) is 30.6 Å². The standard InChI is InChI=1S/C13H19N3O5/c1-8(12(19)15-9-4-2-3-5-9)21-11(18)7-16-10(17)6-14-13(16)20/h8-9H,2-7H2,1H3,(H,14,20)(H,15,19)/t8-/m0/s1. The first-order valence-corrected chi connectivity index (χ1v) is 7.05. The van der Waals surface area contributed by atoms with E-state index in [1.807, 2.05) is 0 Å². The fraction of sp³-hybridized carbons (Fsp3) is 0.692. The van der Waals surface area contributed by atoms with E-state index in [1.165, 1.54) is 6.92 Å². The van der Waals surface area contributed by atoms with Crippen molar-refractivity contribution >= 4 is 23.8 Å². The zero-order valence-electron chi connectivity index (χ0n) is 11.9. The van der Waals surface area contributed by atoms with Crippen molar-refractivity contribution in [1.29, 1.82) is 0 Å². The van der Waals surface area contributed by atoms with E-state index in [9.17, 15) is 19.2 Å². The largest absolute Gasteiger partial charge is 0.451 e. The first-order valence-electron chi connectivity index (χ1n) is 7.05. The van der Waals surface area contributed by atoms with Crippen LogP contribution in [0.2, 0.25) is 0 Å². The Kier molecular flexibility index (Phi) is 4.77. The quantitative estimate of drug-likeness (QED) is 0.527. The number of rotatable bonds is 5. The van der Waals surface area contributed by atoms with Crippen LogP contribution < -0.4 is 10.6 Å². The van der Waals surface area contributed by atoms with Crippen LogP contribution in [0, 0.1) is 0 Å². The Bertz CT molecular complexity index is 443. The van der Waals surface area contributed by atoms with Crippen LogP contribution in [0.5, 0.6) is 0 Å². The number of carbonyl (C=O) groups excluding carboxylic acids is 4. The lowest BCUT2D eigenvalue weighted by Crippen LogP contribution is -2.43. The summed E-state index contributed by atoms with van der Waals surface area (Å²) in [6.07, 6.45) is 3.11. The minimum Gasteiger partial charge on any atom is -0.451 e. The van der Waals surface area contributed by atoms with E-state index in [-0.39, 0.29) is 18.5 Å². The van der Waals surface area contributed by atoms with Gasteiger partial charge in [0.15, 0.2) is 6.10 Å². The van der Waals surface area contributed by atoms with Crippen LogP contribution in [0.4, 0.5) is 4.79 Å². The van der Waals surface area contributed by atoms with Gasteiger partial charge < -0.3 is 15.4 Å². The lowest BCUT2D eigenvalue weighted by atomic mass is 10.2. The van der Waals surface area contributed by atoms with Crippen molar-refractivity contribution in [3.05, 3.63) is 0 Å². The van der Waals surface area contributed by atoms with E-state index >= 15 is 0 Å². The van der Waals surface area contributed by atoms with E-state index < -0.39 is 30.6 Å². The van der Waals surface area contributed by atoms with Crippen LogP contribution in [0.25, 0.3) is 0 Å². The maximum Gasteiger partial charge on any atom is 0.327 e. The summed E-state index contributed by atoms with van der Waals surface area (Å²) in [5.74, 6) is -1.62. The molecule has 1 saturated heterocycles. The van der Waals surface area contributed by atoms with Gasteiger partial charge in [-0.1, -0.05) is 12.8 Å². The number of nitrogens with one attached hydrogen (secondary N) is 2. The van der Waals surface area contributed by atoms with Crippen molar-refractivity contribution < 1.29 is 23.9 Å². The highest BCUT2D eigenvalue weighted by molar-refractivity contribution is 6.04. The minimum absolute atomic E-state index is 0.121. The molecule has 8 nitrogen and oxygen atoms in total. The van der Waals surface area contributed by atoms with Crippen molar-refractivity contribution in [3.63, 3.8) is 0 Å². The van der Waals surface area contributed by atoms with Gasteiger partial charge >= 0.3 is 12.0 Å². The third kappa shape index (κ3) is 3.93. The highest BCUT2D eigenvalue weighted by Crippen LogP contribution is 2.17. The first kappa shape index (κ1) is 15.3. The zero-order chi connectivity index (χ0) is 15.4. The Morgan fingerprint density at radius 1 is 1.38 bits per heavy atom. The second-order valence-corrected chi connectivity index (χ2v) is 5.26. The van der Waals surface area contributed by atoms with Crippen LogP contribution in [0.3, 0.4) is 0 Å². The Labute approximate surface area is 122 Å². The SMILES string of the molecule is C[C@H](OC(=O)CN1C(=O)CNC1=O)C(=O)NC1CCCC1. The van der Waals surface area contributed by atoms with Crippen molar-refractivity contribution in [2.45, 2.75) is 44.8 Å². The average molecular weight is 297 g/mol. The highest BCUT2D eigenvalue weighted by atomic mass is 16.5. The summed E-state index contributed by atoms with van der Waals surface area (Å²) in [6, 6.07) is -0.482. The van der Waals surface area contributed by atoms with Gasteiger partial charge in [0.25, 0.3) is 11.8 Å². The molecular weight excluding hydrogens is 278 g/mol. The summed E-state index contributed by atoms with van der Waals surface area (Å²) in [5.41, 5.74) is 0. The number of imide groups is 1. The van der Waals surface area contributed by atoms with Crippen molar-refractivity contribution in [3.8, 4) is 0 Å². The van der Waals surface area contributed by atoms with Crippen molar-refractivity contribution in [2.75, 3.05) is 13.1 Å². The summed E-state index contributed by atoms with van der Waals surface area (Å²) in [4.78, 5) is 46.9. The fourth-order valence-corrected chi connectivity index (χ4v) is 2.42. The molecule has 116 valence electrons. The fourth-order valence-electron chi connectivity index (χ4n) is 2.42. The maximum absolute atomic E-state index is 11.9. The first-order chi connectivity index (χ1) is 9.97. The number of ether oxygens (including phenoxy) is 1. The molecule has 21 heavy (non-hydrogen) atoms. The molecule has 1 heterocycles. The van der Waals surface area contributed by atoms with Gasteiger partial charge in [-0.3, -0.25) is 19.3 Å². The topological polar surface area (TPSA) is 105 Å². The van der Waals surface area contributed by atoms with Crippen molar-refractivity contribution in [1.82, 2.24) is 15.5 Å². The highest BCUT2D eigenvalue weighted by Gasteiger charge is 2.32. The van der Waals surface area contributed by atoms with Crippen LogP contribution in [-0.2, 0) is 19.1 Å². The number of carbonyl (C=O) groups is 4. The zero-order valence-corrected chi connectivity index (χ0v) is 11.9. The molecule has 1 aliphatic heterocycles. The molecule has 8 heteroatoms. The van der Waals surface area contributed by atoms with Gasteiger partial charge in [0.1, 0.15) is 6.54 Å². The van der Waals surface area contributed by atoms with Crippen LogP contribution in [-0.4, -0.2) is 54.0 Å². The predicted octanol–water partition coefficient (Wildman–Crippen LogP) is -0.471. The van der Waals surface area contributed by atoms with Crippen molar-refractivity contribution in [2.24, 2.45) is 0 Å². The van der Waals surface area contributed by atoms with E-state index in [0.29, 0.717) is 0 Å². The number of hydrogen-bond donors (Lipinski definition) is 2. The van der Waals surface area contributed by atoms with Gasteiger partial charge in [0.05, 0.1) is 6.54 Å². The van der Waals surface area contributed by atoms with E-state index in [4.69, 9.17) is 4.74 Å². The van der Waals surface area contributed by atoms with E-state index in [1.54, 1.807) is 0 Å². The lowest BCUT2D eigenvalue weighted by Gasteiger charge is -2.18. The predicted molar refractivity (Wildman–Crippen MR) is 71.1 cm³/mol. The maximum atomic E-state index is 11.9. The molecule has 0 aromatic heterocycles. The molecule has 2 rings (SSSR count). The Balaban J connectivity index is 1.77. The normalized spacial score (nSPS) is 20.3. The van der Waals surface area contributed by atoms with Gasteiger partial charge in [-0.25, -0.2) is 4.79 Å². The van der Waals surface area contributed by atoms with Gasteiger partial charge in [-0.05, 0) is 19.8 Å². The number of urea groups is 1. The molecule has 0 bridgehead atoms. The molecular formula is C13H19N3O5. The van der Waals surface area contributed by atoms with Crippen LogP contribution >= 0.6 is 0 Å².